The summed E-state index contributed by atoms with van der Waals surface area (Å²) in [4.78, 5) is 25.9. The second-order valence-corrected chi connectivity index (χ2v) is 7.26. The molecule has 2 aliphatic rings. The van der Waals surface area contributed by atoms with Crippen LogP contribution in [0, 0.1) is 0 Å². The first-order chi connectivity index (χ1) is 9.77. The standard InChI is InChI=1S/C12H20N2O4S2/c15-11-13(5-7-17-11)3-1-9-19-20-10-2-4-14-6-8-18-12(14)16/h1-10H2. The monoisotopic (exact) mass is 320 g/mol. The van der Waals surface area contributed by atoms with Gasteiger partial charge in [0.2, 0.25) is 0 Å². The van der Waals surface area contributed by atoms with E-state index in [1.807, 2.05) is 21.6 Å². The Morgan fingerprint density at radius 3 is 1.65 bits per heavy atom. The maximum atomic E-state index is 11.2. The summed E-state index contributed by atoms with van der Waals surface area (Å²) in [5, 5.41) is 0. The van der Waals surface area contributed by atoms with Crippen molar-refractivity contribution in [3.8, 4) is 0 Å². The number of rotatable bonds is 9. The minimum Gasteiger partial charge on any atom is -0.448 e. The van der Waals surface area contributed by atoms with Crippen LogP contribution in [0.25, 0.3) is 0 Å². The van der Waals surface area contributed by atoms with E-state index < -0.39 is 0 Å². The summed E-state index contributed by atoms with van der Waals surface area (Å²) >= 11 is 0. The van der Waals surface area contributed by atoms with Crippen LogP contribution >= 0.6 is 21.6 Å². The Labute approximate surface area is 126 Å². The van der Waals surface area contributed by atoms with E-state index in [4.69, 9.17) is 9.47 Å². The topological polar surface area (TPSA) is 59.1 Å². The molecule has 2 aliphatic heterocycles. The first kappa shape index (κ1) is 15.6. The summed E-state index contributed by atoms with van der Waals surface area (Å²) in [7, 11) is 3.65. The van der Waals surface area contributed by atoms with Gasteiger partial charge in [-0.2, -0.15) is 0 Å². The van der Waals surface area contributed by atoms with Crippen molar-refractivity contribution >= 4 is 33.8 Å². The molecule has 2 heterocycles. The normalized spacial score (nSPS) is 18.6. The molecule has 0 N–H and O–H groups in total. The van der Waals surface area contributed by atoms with Gasteiger partial charge in [-0.25, -0.2) is 9.59 Å². The second kappa shape index (κ2) is 8.51. The fraction of sp³-hybridized carbons (Fsp3) is 0.833. The van der Waals surface area contributed by atoms with Crippen LogP contribution in [0.15, 0.2) is 0 Å². The molecular formula is C12H20N2O4S2. The molecule has 0 aromatic carbocycles. The Balaban J connectivity index is 1.38. The number of amides is 2. The number of nitrogens with zero attached hydrogens (tertiary/aromatic N) is 2. The summed E-state index contributed by atoms with van der Waals surface area (Å²) in [6.45, 7) is 4.07. The molecular weight excluding hydrogens is 300 g/mol. The summed E-state index contributed by atoms with van der Waals surface area (Å²) in [5.41, 5.74) is 0. The lowest BCUT2D eigenvalue weighted by molar-refractivity contribution is 0.157. The molecule has 6 nitrogen and oxygen atoms in total. The molecule has 0 radical (unpaired) electrons. The van der Waals surface area contributed by atoms with Gasteiger partial charge in [0.05, 0.1) is 13.1 Å². The van der Waals surface area contributed by atoms with Crippen LogP contribution in [-0.4, -0.2) is 72.9 Å². The molecule has 0 aliphatic carbocycles. The van der Waals surface area contributed by atoms with Crippen LogP contribution in [0.3, 0.4) is 0 Å². The van der Waals surface area contributed by atoms with Crippen LogP contribution in [0.1, 0.15) is 12.8 Å². The number of carbonyl (C=O) groups excluding carboxylic acids is 2. The van der Waals surface area contributed by atoms with E-state index in [9.17, 15) is 9.59 Å². The summed E-state index contributed by atoms with van der Waals surface area (Å²) in [6.07, 6.45) is 1.62. The van der Waals surface area contributed by atoms with Crippen LogP contribution in [0.4, 0.5) is 9.59 Å². The lowest BCUT2D eigenvalue weighted by Gasteiger charge is -2.12. The van der Waals surface area contributed by atoms with Gasteiger partial charge >= 0.3 is 12.2 Å². The van der Waals surface area contributed by atoms with E-state index in [0.29, 0.717) is 13.2 Å². The zero-order chi connectivity index (χ0) is 14.2. The van der Waals surface area contributed by atoms with Crippen LogP contribution in [0.2, 0.25) is 0 Å². The zero-order valence-corrected chi connectivity index (χ0v) is 13.0. The molecule has 20 heavy (non-hydrogen) atoms. The van der Waals surface area contributed by atoms with Gasteiger partial charge in [-0.1, -0.05) is 21.6 Å². The maximum absolute atomic E-state index is 11.2. The lowest BCUT2D eigenvalue weighted by atomic mass is 10.4. The van der Waals surface area contributed by atoms with Crippen molar-refractivity contribution in [1.29, 1.82) is 0 Å². The Hall–Kier alpha value is -0.760. The van der Waals surface area contributed by atoms with Gasteiger partial charge in [0.25, 0.3) is 0 Å². The van der Waals surface area contributed by atoms with Crippen LogP contribution < -0.4 is 0 Å². The molecule has 8 heteroatoms. The highest BCUT2D eigenvalue weighted by atomic mass is 33.1. The Morgan fingerprint density at radius 2 is 1.30 bits per heavy atom. The first-order valence-electron chi connectivity index (χ1n) is 6.85. The van der Waals surface area contributed by atoms with Gasteiger partial charge in [-0.3, -0.25) is 0 Å². The predicted octanol–water partition coefficient (Wildman–Crippen LogP) is 2.05. The van der Waals surface area contributed by atoms with Crippen molar-refractivity contribution in [2.45, 2.75) is 12.8 Å². The van der Waals surface area contributed by atoms with Crippen molar-refractivity contribution < 1.29 is 19.1 Å². The van der Waals surface area contributed by atoms with Gasteiger partial charge in [0, 0.05) is 24.6 Å². The highest BCUT2D eigenvalue weighted by Crippen LogP contribution is 2.23. The Morgan fingerprint density at radius 1 is 0.850 bits per heavy atom. The zero-order valence-electron chi connectivity index (χ0n) is 11.4. The molecule has 114 valence electrons. The lowest BCUT2D eigenvalue weighted by Crippen LogP contribution is -2.25. The molecule has 2 fully saturated rings. The number of ether oxygens (including phenoxy) is 2. The first-order valence-corrected chi connectivity index (χ1v) is 9.34. The van der Waals surface area contributed by atoms with Crippen LogP contribution in [-0.2, 0) is 9.47 Å². The quantitative estimate of drug-likeness (QED) is 0.479. The maximum Gasteiger partial charge on any atom is 0.409 e. The molecule has 2 amide bonds. The summed E-state index contributed by atoms with van der Waals surface area (Å²) in [5.74, 6) is 2.06. The number of cyclic esters (lactones) is 2. The Bertz CT molecular complexity index is 311. The SMILES string of the molecule is O=C1OCCN1CCCSSCCCN1CCOC1=O. The third-order valence-electron chi connectivity index (χ3n) is 3.08. The Kier molecular flexibility index (Phi) is 6.65. The van der Waals surface area contributed by atoms with E-state index in [0.717, 1.165) is 50.5 Å². The van der Waals surface area contributed by atoms with Crippen molar-refractivity contribution in [2.75, 3.05) is 50.9 Å². The molecule has 0 aromatic heterocycles. The molecule has 0 saturated carbocycles. The third kappa shape index (κ3) is 4.97. The highest BCUT2D eigenvalue weighted by Gasteiger charge is 2.21. The molecule has 0 atom stereocenters. The van der Waals surface area contributed by atoms with Crippen molar-refractivity contribution in [3.05, 3.63) is 0 Å². The summed E-state index contributed by atoms with van der Waals surface area (Å²) in [6, 6.07) is 0. The van der Waals surface area contributed by atoms with Gasteiger partial charge in [0.1, 0.15) is 13.2 Å². The number of hydrogen-bond donors (Lipinski definition) is 0. The molecule has 0 aromatic rings. The molecule has 0 unspecified atom stereocenters. The summed E-state index contributed by atoms with van der Waals surface area (Å²) < 4.78 is 9.73. The molecule has 2 saturated heterocycles. The third-order valence-corrected chi connectivity index (χ3v) is 5.66. The van der Waals surface area contributed by atoms with E-state index in [2.05, 4.69) is 0 Å². The average molecular weight is 320 g/mol. The fourth-order valence-electron chi connectivity index (χ4n) is 2.00. The number of carbonyl (C=O) groups is 2. The van der Waals surface area contributed by atoms with Crippen molar-refractivity contribution in [1.82, 2.24) is 9.80 Å². The van der Waals surface area contributed by atoms with E-state index in [1.165, 1.54) is 0 Å². The van der Waals surface area contributed by atoms with Crippen molar-refractivity contribution in [3.63, 3.8) is 0 Å². The fourth-order valence-corrected chi connectivity index (χ4v) is 4.15. The predicted molar refractivity (Wildman–Crippen MR) is 80.0 cm³/mol. The van der Waals surface area contributed by atoms with E-state index >= 15 is 0 Å². The highest BCUT2D eigenvalue weighted by molar-refractivity contribution is 8.76. The average Bonchev–Trinajstić information content (AvgIpc) is 3.02. The molecule has 0 spiro atoms. The largest absolute Gasteiger partial charge is 0.448 e. The smallest absolute Gasteiger partial charge is 0.409 e. The second-order valence-electron chi connectivity index (χ2n) is 4.55. The number of hydrogen-bond acceptors (Lipinski definition) is 6. The van der Waals surface area contributed by atoms with Gasteiger partial charge in [0.15, 0.2) is 0 Å². The minimum atomic E-state index is -0.180. The van der Waals surface area contributed by atoms with E-state index in [-0.39, 0.29) is 12.2 Å². The van der Waals surface area contributed by atoms with Gasteiger partial charge < -0.3 is 19.3 Å². The van der Waals surface area contributed by atoms with Gasteiger partial charge in [-0.15, -0.1) is 0 Å². The van der Waals surface area contributed by atoms with Crippen molar-refractivity contribution in [2.24, 2.45) is 0 Å². The van der Waals surface area contributed by atoms with Crippen LogP contribution in [0.5, 0.6) is 0 Å². The van der Waals surface area contributed by atoms with E-state index in [1.54, 1.807) is 9.80 Å². The molecule has 0 bridgehead atoms. The van der Waals surface area contributed by atoms with Gasteiger partial charge in [-0.05, 0) is 12.8 Å². The molecule has 2 rings (SSSR count). The minimum absolute atomic E-state index is 0.180.